The molecule has 0 saturated carbocycles. The van der Waals surface area contributed by atoms with E-state index < -0.39 is 0 Å². The van der Waals surface area contributed by atoms with Crippen molar-refractivity contribution in [2.24, 2.45) is 5.92 Å². The first kappa shape index (κ1) is 15.7. The van der Waals surface area contributed by atoms with E-state index in [4.69, 9.17) is 4.74 Å². The zero-order chi connectivity index (χ0) is 15.2. The summed E-state index contributed by atoms with van der Waals surface area (Å²) in [5, 5.41) is 14.2. The lowest BCUT2D eigenvalue weighted by molar-refractivity contribution is -0.385. The minimum absolute atomic E-state index is 0.0921. The Hall–Kier alpha value is -1.66. The number of rotatable bonds is 6. The van der Waals surface area contributed by atoms with Gasteiger partial charge in [0.05, 0.1) is 18.1 Å². The average Bonchev–Trinajstić information content (AvgIpc) is 2.49. The molecule has 0 atom stereocenters. The molecule has 6 nitrogen and oxygen atoms in total. The molecule has 1 aliphatic rings. The number of nitro groups is 1. The van der Waals surface area contributed by atoms with Crippen LogP contribution < -0.4 is 10.1 Å². The molecule has 1 aliphatic heterocycles. The largest absolute Gasteiger partial charge is 0.496 e. The summed E-state index contributed by atoms with van der Waals surface area (Å²) in [7, 11) is 3.52. The smallest absolute Gasteiger partial charge is 0.273 e. The van der Waals surface area contributed by atoms with Crippen LogP contribution in [0.5, 0.6) is 5.75 Å². The van der Waals surface area contributed by atoms with Crippen LogP contribution in [-0.2, 0) is 6.54 Å². The standard InChI is InChI=1S/C15H23N3O3/c1-16-10-12-3-5-17(6-4-12)11-13-7-14(18(19)20)9-15(8-13)21-2/h7-9,12,16H,3-6,10-11H2,1-2H3. The third kappa shape index (κ3) is 4.41. The number of piperidine rings is 1. The first-order valence-electron chi connectivity index (χ1n) is 7.31. The molecular weight excluding hydrogens is 270 g/mol. The van der Waals surface area contributed by atoms with Crippen LogP contribution in [0.4, 0.5) is 5.69 Å². The number of ether oxygens (including phenoxy) is 1. The number of benzene rings is 1. The summed E-state index contributed by atoms with van der Waals surface area (Å²) >= 11 is 0. The van der Waals surface area contributed by atoms with Gasteiger partial charge in [0.25, 0.3) is 5.69 Å². The van der Waals surface area contributed by atoms with Gasteiger partial charge >= 0.3 is 0 Å². The van der Waals surface area contributed by atoms with Gasteiger partial charge in [-0.25, -0.2) is 0 Å². The van der Waals surface area contributed by atoms with E-state index in [1.54, 1.807) is 6.07 Å². The maximum atomic E-state index is 11.0. The highest BCUT2D eigenvalue weighted by molar-refractivity contribution is 5.42. The van der Waals surface area contributed by atoms with Gasteiger partial charge in [-0.2, -0.15) is 0 Å². The Morgan fingerprint density at radius 1 is 1.38 bits per heavy atom. The first-order valence-corrected chi connectivity index (χ1v) is 7.31. The zero-order valence-corrected chi connectivity index (χ0v) is 12.7. The first-order chi connectivity index (χ1) is 10.1. The van der Waals surface area contributed by atoms with E-state index in [1.807, 2.05) is 13.1 Å². The van der Waals surface area contributed by atoms with Crippen molar-refractivity contribution in [1.82, 2.24) is 10.2 Å². The summed E-state index contributed by atoms with van der Waals surface area (Å²) in [5.41, 5.74) is 1.03. The maximum Gasteiger partial charge on any atom is 0.273 e. The average molecular weight is 293 g/mol. The van der Waals surface area contributed by atoms with E-state index >= 15 is 0 Å². The van der Waals surface area contributed by atoms with Crippen LogP contribution in [0.25, 0.3) is 0 Å². The fourth-order valence-electron chi connectivity index (χ4n) is 2.85. The Labute approximate surface area is 125 Å². The topological polar surface area (TPSA) is 67.6 Å². The van der Waals surface area contributed by atoms with Gasteiger partial charge in [0.2, 0.25) is 0 Å². The Morgan fingerprint density at radius 2 is 2.10 bits per heavy atom. The molecule has 0 aromatic heterocycles. The number of hydrogen-bond acceptors (Lipinski definition) is 5. The van der Waals surface area contributed by atoms with E-state index in [0.29, 0.717) is 5.75 Å². The second kappa shape index (κ2) is 7.38. The van der Waals surface area contributed by atoms with E-state index in [1.165, 1.54) is 26.0 Å². The fourth-order valence-corrected chi connectivity index (χ4v) is 2.85. The van der Waals surface area contributed by atoms with Crippen molar-refractivity contribution in [2.75, 3.05) is 33.8 Å². The predicted molar refractivity (Wildman–Crippen MR) is 81.6 cm³/mol. The molecule has 1 saturated heterocycles. The highest BCUT2D eigenvalue weighted by Gasteiger charge is 2.19. The van der Waals surface area contributed by atoms with Crippen LogP contribution in [-0.4, -0.2) is 43.6 Å². The number of methoxy groups -OCH3 is 1. The van der Waals surface area contributed by atoms with E-state index in [0.717, 1.165) is 37.7 Å². The second-order valence-electron chi connectivity index (χ2n) is 5.57. The van der Waals surface area contributed by atoms with Gasteiger partial charge in [-0.15, -0.1) is 0 Å². The highest BCUT2D eigenvalue weighted by Crippen LogP contribution is 2.25. The van der Waals surface area contributed by atoms with Crippen LogP contribution in [0.1, 0.15) is 18.4 Å². The summed E-state index contributed by atoms with van der Waals surface area (Å²) in [5.74, 6) is 1.29. The number of hydrogen-bond donors (Lipinski definition) is 1. The lowest BCUT2D eigenvalue weighted by atomic mass is 9.96. The predicted octanol–water partition coefficient (Wildman–Crippen LogP) is 2.03. The lowest BCUT2D eigenvalue weighted by Gasteiger charge is -2.31. The van der Waals surface area contributed by atoms with Crippen molar-refractivity contribution in [3.05, 3.63) is 33.9 Å². The molecule has 0 radical (unpaired) electrons. The Kier molecular flexibility index (Phi) is 5.52. The zero-order valence-electron chi connectivity index (χ0n) is 12.7. The molecule has 0 bridgehead atoms. The SMILES string of the molecule is CNCC1CCN(Cc2cc(OC)cc([N+](=O)[O-])c2)CC1. The van der Waals surface area contributed by atoms with Crippen LogP contribution in [0.2, 0.25) is 0 Å². The van der Waals surface area contributed by atoms with Crippen LogP contribution >= 0.6 is 0 Å². The number of non-ortho nitro benzene ring substituents is 1. The number of nitrogens with zero attached hydrogens (tertiary/aromatic N) is 2. The van der Waals surface area contributed by atoms with Gasteiger partial charge in [-0.3, -0.25) is 15.0 Å². The molecule has 1 aromatic rings. The lowest BCUT2D eigenvalue weighted by Crippen LogP contribution is -2.36. The second-order valence-corrected chi connectivity index (χ2v) is 5.57. The van der Waals surface area contributed by atoms with Crippen LogP contribution in [0, 0.1) is 16.0 Å². The van der Waals surface area contributed by atoms with Gasteiger partial charge in [0.15, 0.2) is 0 Å². The summed E-state index contributed by atoms with van der Waals surface area (Å²) in [4.78, 5) is 12.9. The molecule has 1 aromatic carbocycles. The van der Waals surface area contributed by atoms with Gasteiger partial charge in [-0.05, 0) is 57.1 Å². The molecule has 6 heteroatoms. The number of nitrogens with one attached hydrogen (secondary N) is 1. The minimum atomic E-state index is -0.370. The van der Waals surface area contributed by atoms with Crippen LogP contribution in [0.15, 0.2) is 18.2 Å². The third-order valence-corrected chi connectivity index (χ3v) is 4.00. The van der Waals surface area contributed by atoms with E-state index in [9.17, 15) is 10.1 Å². The molecule has 2 rings (SSSR count). The highest BCUT2D eigenvalue weighted by atomic mass is 16.6. The molecule has 21 heavy (non-hydrogen) atoms. The van der Waals surface area contributed by atoms with Gasteiger partial charge in [0, 0.05) is 12.6 Å². The number of likely N-dealkylation sites (tertiary alicyclic amines) is 1. The van der Waals surface area contributed by atoms with Crippen molar-refractivity contribution in [3.63, 3.8) is 0 Å². The van der Waals surface area contributed by atoms with Gasteiger partial charge in [-0.1, -0.05) is 0 Å². The Bertz CT molecular complexity index is 485. The van der Waals surface area contributed by atoms with Crippen molar-refractivity contribution in [3.8, 4) is 5.75 Å². The molecule has 0 aliphatic carbocycles. The summed E-state index contributed by atoms with van der Waals surface area (Å²) < 4.78 is 5.15. The van der Waals surface area contributed by atoms with Crippen molar-refractivity contribution in [1.29, 1.82) is 0 Å². The fraction of sp³-hybridized carbons (Fsp3) is 0.600. The number of nitro benzene ring substituents is 1. The third-order valence-electron chi connectivity index (χ3n) is 4.00. The maximum absolute atomic E-state index is 11.0. The Balaban J connectivity index is 2.00. The summed E-state index contributed by atoms with van der Waals surface area (Å²) in [6, 6.07) is 4.98. The molecule has 1 fully saturated rings. The molecular formula is C15H23N3O3. The summed E-state index contributed by atoms with van der Waals surface area (Å²) in [6.07, 6.45) is 2.35. The van der Waals surface area contributed by atoms with Gasteiger partial charge < -0.3 is 10.1 Å². The van der Waals surface area contributed by atoms with Crippen molar-refractivity contribution >= 4 is 5.69 Å². The normalized spacial score (nSPS) is 16.9. The van der Waals surface area contributed by atoms with Crippen molar-refractivity contribution < 1.29 is 9.66 Å². The van der Waals surface area contributed by atoms with Gasteiger partial charge in [0.1, 0.15) is 5.75 Å². The minimum Gasteiger partial charge on any atom is -0.496 e. The molecule has 116 valence electrons. The van der Waals surface area contributed by atoms with E-state index in [-0.39, 0.29) is 10.6 Å². The molecule has 0 amide bonds. The van der Waals surface area contributed by atoms with E-state index in [2.05, 4.69) is 10.2 Å². The van der Waals surface area contributed by atoms with Crippen molar-refractivity contribution in [2.45, 2.75) is 19.4 Å². The molecule has 0 spiro atoms. The quantitative estimate of drug-likeness (QED) is 0.642. The molecule has 0 unspecified atom stereocenters. The molecule has 1 N–H and O–H groups in total. The molecule has 1 heterocycles. The Morgan fingerprint density at radius 3 is 2.67 bits per heavy atom. The van der Waals surface area contributed by atoms with Crippen LogP contribution in [0.3, 0.4) is 0 Å². The summed E-state index contributed by atoms with van der Waals surface area (Å²) in [6.45, 7) is 3.89. The monoisotopic (exact) mass is 293 g/mol.